The maximum atomic E-state index is 12.7. The molecule has 0 saturated carbocycles. The Morgan fingerprint density at radius 1 is 1.14 bits per heavy atom. The van der Waals surface area contributed by atoms with Gasteiger partial charge in [-0.15, -0.1) is 0 Å². The van der Waals surface area contributed by atoms with E-state index in [1.807, 2.05) is 24.3 Å². The fourth-order valence-electron chi connectivity index (χ4n) is 3.20. The number of nitrogens with one attached hydrogen (secondary N) is 2. The summed E-state index contributed by atoms with van der Waals surface area (Å²) in [5.74, 6) is -0.167. The normalized spacial score (nSPS) is 16.1. The summed E-state index contributed by atoms with van der Waals surface area (Å²) in [5.41, 5.74) is 1.81. The Morgan fingerprint density at radius 2 is 1.86 bits per heavy atom. The highest BCUT2D eigenvalue weighted by atomic mass is 16.5. The summed E-state index contributed by atoms with van der Waals surface area (Å²) in [6, 6.07) is 13.7. The van der Waals surface area contributed by atoms with Gasteiger partial charge in [0.25, 0.3) is 5.91 Å². The second-order valence-electron chi connectivity index (χ2n) is 6.55. The molecule has 1 atom stereocenters. The van der Waals surface area contributed by atoms with Crippen LogP contribution < -0.4 is 20.3 Å². The zero-order valence-corrected chi connectivity index (χ0v) is 15.9. The van der Waals surface area contributed by atoms with Gasteiger partial charge in [-0.3, -0.25) is 14.4 Å². The van der Waals surface area contributed by atoms with E-state index in [0.29, 0.717) is 24.2 Å². The number of rotatable bonds is 6. The Bertz CT molecular complexity index is 897. The number of anilines is 1. The molecule has 1 aliphatic heterocycles. The third kappa shape index (κ3) is 4.14. The van der Waals surface area contributed by atoms with E-state index in [1.54, 1.807) is 38.3 Å². The number of amides is 3. The van der Waals surface area contributed by atoms with E-state index in [-0.39, 0.29) is 24.3 Å². The molecule has 2 N–H and O–H groups in total. The lowest BCUT2D eigenvalue weighted by Gasteiger charge is -2.23. The van der Waals surface area contributed by atoms with Gasteiger partial charge in [-0.25, -0.2) is 0 Å². The molecule has 1 aliphatic rings. The maximum Gasteiger partial charge on any atom is 0.254 e. The summed E-state index contributed by atoms with van der Waals surface area (Å²) in [7, 11) is 1.61. The van der Waals surface area contributed by atoms with Crippen LogP contribution in [0.1, 0.15) is 22.8 Å². The predicted molar refractivity (Wildman–Crippen MR) is 105 cm³/mol. The molecule has 3 rings (SSSR count). The smallest absolute Gasteiger partial charge is 0.254 e. The van der Waals surface area contributed by atoms with Crippen molar-refractivity contribution in [1.82, 2.24) is 10.6 Å². The van der Waals surface area contributed by atoms with Crippen molar-refractivity contribution in [2.75, 3.05) is 25.1 Å². The molecule has 0 aliphatic carbocycles. The number of ether oxygens (including phenoxy) is 1. The summed E-state index contributed by atoms with van der Waals surface area (Å²) in [5, 5.41) is 5.49. The highest BCUT2D eigenvalue weighted by Crippen LogP contribution is 2.24. The highest BCUT2D eigenvalue weighted by Gasteiger charge is 2.32. The zero-order valence-electron chi connectivity index (χ0n) is 15.9. The number of hydrogen-bond donors (Lipinski definition) is 2. The summed E-state index contributed by atoms with van der Waals surface area (Å²) in [6.07, 6.45) is 0.608. The van der Waals surface area contributed by atoms with Gasteiger partial charge in [-0.2, -0.15) is 0 Å². The van der Waals surface area contributed by atoms with Gasteiger partial charge in [0.2, 0.25) is 11.8 Å². The average molecular weight is 381 g/mol. The van der Waals surface area contributed by atoms with Gasteiger partial charge < -0.3 is 20.3 Å². The molecular weight excluding hydrogens is 358 g/mol. The van der Waals surface area contributed by atoms with E-state index >= 15 is 0 Å². The molecular formula is C21H23N3O4. The summed E-state index contributed by atoms with van der Waals surface area (Å²) >= 11 is 0. The van der Waals surface area contributed by atoms with E-state index in [1.165, 1.54) is 4.90 Å². The second-order valence-corrected chi connectivity index (χ2v) is 6.55. The number of para-hydroxylation sites is 2. The Kier molecular flexibility index (Phi) is 5.93. The molecule has 7 heteroatoms. The third-order valence-electron chi connectivity index (χ3n) is 4.63. The molecule has 0 radical (unpaired) electrons. The quantitative estimate of drug-likeness (QED) is 0.794. The van der Waals surface area contributed by atoms with Crippen molar-refractivity contribution in [3.8, 4) is 5.75 Å². The topological polar surface area (TPSA) is 87.7 Å². The first kappa shape index (κ1) is 19.4. The van der Waals surface area contributed by atoms with Gasteiger partial charge in [0.1, 0.15) is 18.3 Å². The molecule has 2 aromatic rings. The van der Waals surface area contributed by atoms with Crippen molar-refractivity contribution in [2.45, 2.75) is 19.4 Å². The van der Waals surface area contributed by atoms with Gasteiger partial charge >= 0.3 is 0 Å². The van der Waals surface area contributed by atoms with Gasteiger partial charge in [0.15, 0.2) is 0 Å². The van der Waals surface area contributed by atoms with Crippen molar-refractivity contribution in [3.63, 3.8) is 0 Å². The van der Waals surface area contributed by atoms with Crippen molar-refractivity contribution < 1.29 is 19.1 Å². The number of nitrogens with zero attached hydrogens (tertiary/aromatic N) is 1. The first-order valence-corrected chi connectivity index (χ1v) is 9.11. The third-order valence-corrected chi connectivity index (χ3v) is 4.63. The molecule has 146 valence electrons. The lowest BCUT2D eigenvalue weighted by molar-refractivity contribution is -0.124. The SMILES string of the molecule is COc1ccccc1CCNC(=O)CN1C(=O)[C@@H](C)NC(=O)c2ccccc21. The van der Waals surface area contributed by atoms with E-state index in [4.69, 9.17) is 4.74 Å². The lowest BCUT2D eigenvalue weighted by Crippen LogP contribution is -2.47. The molecule has 1 heterocycles. The fourth-order valence-corrected chi connectivity index (χ4v) is 3.20. The minimum Gasteiger partial charge on any atom is -0.496 e. The number of benzene rings is 2. The van der Waals surface area contributed by atoms with Crippen LogP contribution in [0.25, 0.3) is 0 Å². The van der Waals surface area contributed by atoms with E-state index in [9.17, 15) is 14.4 Å². The lowest BCUT2D eigenvalue weighted by atomic mass is 10.1. The number of hydrogen-bond acceptors (Lipinski definition) is 4. The van der Waals surface area contributed by atoms with Crippen LogP contribution in [0.5, 0.6) is 5.75 Å². The molecule has 0 unspecified atom stereocenters. The Hall–Kier alpha value is -3.35. The number of carbonyl (C=O) groups is 3. The molecule has 2 aromatic carbocycles. The van der Waals surface area contributed by atoms with Crippen molar-refractivity contribution in [3.05, 3.63) is 59.7 Å². The number of carbonyl (C=O) groups excluding carboxylic acids is 3. The average Bonchev–Trinajstić information content (AvgIpc) is 2.79. The van der Waals surface area contributed by atoms with Gasteiger partial charge in [-0.1, -0.05) is 30.3 Å². The second kappa shape index (κ2) is 8.56. The first-order chi connectivity index (χ1) is 13.5. The first-order valence-electron chi connectivity index (χ1n) is 9.11. The molecule has 28 heavy (non-hydrogen) atoms. The number of methoxy groups -OCH3 is 1. The molecule has 0 saturated heterocycles. The zero-order chi connectivity index (χ0) is 20.1. The predicted octanol–water partition coefficient (Wildman–Crippen LogP) is 1.52. The Balaban J connectivity index is 1.67. The molecule has 0 bridgehead atoms. The van der Waals surface area contributed by atoms with E-state index < -0.39 is 6.04 Å². The largest absolute Gasteiger partial charge is 0.496 e. The van der Waals surface area contributed by atoms with Crippen molar-refractivity contribution >= 4 is 23.4 Å². The van der Waals surface area contributed by atoms with Crippen LogP contribution in [0.3, 0.4) is 0 Å². The monoisotopic (exact) mass is 381 g/mol. The maximum absolute atomic E-state index is 12.7. The molecule has 0 spiro atoms. The van der Waals surface area contributed by atoms with Crippen molar-refractivity contribution in [1.29, 1.82) is 0 Å². The van der Waals surface area contributed by atoms with E-state index in [0.717, 1.165) is 11.3 Å². The summed E-state index contributed by atoms with van der Waals surface area (Å²) in [4.78, 5) is 38.8. The Labute approximate surface area is 163 Å². The van der Waals surface area contributed by atoms with Crippen LogP contribution in [-0.4, -0.2) is 44.0 Å². The summed E-state index contributed by atoms with van der Waals surface area (Å²) < 4.78 is 5.31. The summed E-state index contributed by atoms with van der Waals surface area (Å²) in [6.45, 7) is 1.87. The highest BCUT2D eigenvalue weighted by molar-refractivity contribution is 6.12. The fraction of sp³-hybridized carbons (Fsp3) is 0.286. The van der Waals surface area contributed by atoms with Crippen LogP contribution in [0, 0.1) is 0 Å². The van der Waals surface area contributed by atoms with Gasteiger partial charge in [0, 0.05) is 6.54 Å². The standard InChI is InChI=1S/C21H23N3O4/c1-14-21(27)24(17-9-5-4-8-16(17)20(26)23-14)13-19(25)22-12-11-15-7-3-6-10-18(15)28-2/h3-10,14H,11-13H2,1-2H3,(H,22,25)(H,23,26)/t14-/m1/s1. The molecule has 0 fully saturated rings. The minimum absolute atomic E-state index is 0.152. The van der Waals surface area contributed by atoms with Crippen LogP contribution in [0.4, 0.5) is 5.69 Å². The van der Waals surface area contributed by atoms with Crippen LogP contribution >= 0.6 is 0 Å². The van der Waals surface area contributed by atoms with E-state index in [2.05, 4.69) is 10.6 Å². The van der Waals surface area contributed by atoms with Gasteiger partial charge in [0.05, 0.1) is 18.4 Å². The molecule has 3 amide bonds. The van der Waals surface area contributed by atoms with Crippen LogP contribution in [0.2, 0.25) is 0 Å². The molecule has 7 nitrogen and oxygen atoms in total. The minimum atomic E-state index is -0.707. The van der Waals surface area contributed by atoms with Gasteiger partial charge in [-0.05, 0) is 37.1 Å². The Morgan fingerprint density at radius 3 is 2.64 bits per heavy atom. The van der Waals surface area contributed by atoms with Crippen LogP contribution in [0.15, 0.2) is 48.5 Å². The number of fused-ring (bicyclic) bond motifs is 1. The molecule has 0 aromatic heterocycles. The van der Waals surface area contributed by atoms with Crippen LogP contribution in [-0.2, 0) is 16.0 Å². The van der Waals surface area contributed by atoms with Crippen molar-refractivity contribution in [2.24, 2.45) is 0 Å².